The number of anilines is 4. The van der Waals surface area contributed by atoms with Crippen molar-refractivity contribution in [3.8, 4) is 0 Å². The van der Waals surface area contributed by atoms with Gasteiger partial charge in [0, 0.05) is 22.4 Å². The molecule has 0 spiro atoms. The summed E-state index contributed by atoms with van der Waals surface area (Å²) in [5.41, 5.74) is 11.6. The van der Waals surface area contributed by atoms with E-state index in [1.165, 1.54) is 60.7 Å². The molecule has 0 atom stereocenters. The third-order valence-corrected chi connectivity index (χ3v) is 7.28. The van der Waals surface area contributed by atoms with Crippen LogP contribution in [0.5, 0.6) is 0 Å². The van der Waals surface area contributed by atoms with Gasteiger partial charge in [0.25, 0.3) is 5.91 Å². The fourth-order valence-electron chi connectivity index (χ4n) is 4.21. The molecular formula is C30H20N6Na2O8S. The smallest absolute Gasteiger partial charge is 0.744 e. The van der Waals surface area contributed by atoms with Gasteiger partial charge < -0.3 is 25.5 Å². The first kappa shape index (κ1) is 37.3. The second-order valence-corrected chi connectivity index (χ2v) is 10.8. The number of Topliss-reactive ketones (excluding diaryl/α,β-unsaturated/α-hetero) is 1. The average molecular weight is 671 g/mol. The summed E-state index contributed by atoms with van der Waals surface area (Å²) in [7, 11) is -5.09. The van der Waals surface area contributed by atoms with Gasteiger partial charge in [-0.1, -0.05) is 18.2 Å². The topological polar surface area (TPSA) is 235 Å². The number of aliphatic carboxylic acids is 1. The number of allylic oxidation sites excluding steroid dienone is 4. The van der Waals surface area contributed by atoms with Crippen LogP contribution in [0.1, 0.15) is 26.3 Å². The molecule has 3 aromatic rings. The Hall–Kier alpha value is -4.19. The van der Waals surface area contributed by atoms with Gasteiger partial charge in [-0.05, 0) is 78.4 Å². The zero-order chi connectivity index (χ0) is 32.3. The largest absolute Gasteiger partial charge is 1.00 e. The summed E-state index contributed by atoms with van der Waals surface area (Å²) < 4.78 is 35.9. The molecule has 0 fully saturated rings. The van der Waals surface area contributed by atoms with Gasteiger partial charge in [-0.25, -0.2) is 8.42 Å². The van der Waals surface area contributed by atoms with Crippen molar-refractivity contribution in [2.24, 2.45) is 10.2 Å². The minimum absolute atomic E-state index is 0. The van der Waals surface area contributed by atoms with Gasteiger partial charge in [0.2, 0.25) is 5.78 Å². The van der Waals surface area contributed by atoms with E-state index in [2.05, 4.69) is 26.4 Å². The molecule has 17 heteroatoms. The number of nitrogens with two attached hydrogens (primary N) is 1. The van der Waals surface area contributed by atoms with Crippen molar-refractivity contribution in [3.05, 3.63) is 112 Å². The van der Waals surface area contributed by atoms with Gasteiger partial charge in [-0.3, -0.25) is 25.2 Å². The average Bonchev–Trinajstić information content (AvgIpc) is 3.00. The minimum atomic E-state index is -5.09. The van der Waals surface area contributed by atoms with Crippen molar-refractivity contribution in [1.29, 1.82) is 0 Å². The standard InChI is InChI=1S/C30H22N6O8S.2Na/c31-18-8-5-17-13-26(45(42,43)44)27(28(38)21(17)14-18)36-35-24-4-2-1-3-23(24)32-29(39)16-6-9-19(10-7-16)33-34-20-11-12-25(37)22(15-20)30(40)41;;/h1-15,33,35H,31H2,(H,32,39)(H,40,41)(H,42,43,44);;/q;2*+1/p-2/b34-20-,36-27+;;. The molecular weight excluding hydrogens is 650 g/mol. The van der Waals surface area contributed by atoms with Crippen molar-refractivity contribution in [3.63, 3.8) is 0 Å². The molecule has 0 aromatic heterocycles. The molecule has 0 heterocycles. The number of hydrogen-bond acceptors (Lipinski definition) is 13. The number of benzene rings is 3. The first-order chi connectivity index (χ1) is 21.4. The van der Waals surface area contributed by atoms with Crippen LogP contribution in [-0.4, -0.2) is 47.8 Å². The fourth-order valence-corrected chi connectivity index (χ4v) is 4.86. The van der Waals surface area contributed by atoms with Crippen LogP contribution >= 0.6 is 0 Å². The van der Waals surface area contributed by atoms with Gasteiger partial charge in [0.15, 0.2) is 5.78 Å². The molecule has 47 heavy (non-hydrogen) atoms. The molecule has 0 saturated heterocycles. The number of carbonyl (C=O) groups excluding carboxylic acids is 4. The third kappa shape index (κ3) is 8.79. The van der Waals surface area contributed by atoms with Crippen LogP contribution in [0, 0.1) is 0 Å². The summed E-state index contributed by atoms with van der Waals surface area (Å²) in [5.74, 6) is -3.69. The Bertz CT molecular complexity index is 2060. The van der Waals surface area contributed by atoms with E-state index in [9.17, 15) is 37.3 Å². The maximum atomic E-state index is 13.1. The predicted molar refractivity (Wildman–Crippen MR) is 163 cm³/mol. The molecule has 1 amide bonds. The number of carbonyl (C=O) groups is 4. The van der Waals surface area contributed by atoms with Gasteiger partial charge in [-0.15, -0.1) is 0 Å². The number of nitrogen functional groups attached to an aromatic ring is 1. The van der Waals surface area contributed by atoms with Crippen LogP contribution in [0.3, 0.4) is 0 Å². The second kappa shape index (κ2) is 15.6. The number of amides is 1. The summed E-state index contributed by atoms with van der Waals surface area (Å²) >= 11 is 0. The molecule has 0 radical (unpaired) electrons. The summed E-state index contributed by atoms with van der Waals surface area (Å²) in [6, 6.07) is 16.5. The number of para-hydroxylation sites is 2. The Morgan fingerprint density at radius 3 is 2.17 bits per heavy atom. The van der Waals surface area contributed by atoms with Gasteiger partial charge >= 0.3 is 59.1 Å². The number of fused-ring (bicyclic) bond motifs is 1. The summed E-state index contributed by atoms with van der Waals surface area (Å²) in [6.45, 7) is 0. The number of carboxylic acid groups (broad SMARTS) is 1. The molecule has 2 aliphatic carbocycles. The number of nitrogens with one attached hydrogen (secondary N) is 3. The van der Waals surface area contributed by atoms with Gasteiger partial charge in [0.1, 0.15) is 15.8 Å². The van der Waals surface area contributed by atoms with E-state index in [1.807, 2.05) is 0 Å². The number of nitrogens with zero attached hydrogens (tertiary/aromatic N) is 2. The van der Waals surface area contributed by atoms with Crippen molar-refractivity contribution < 1.29 is 96.4 Å². The summed E-state index contributed by atoms with van der Waals surface area (Å²) in [4.78, 5) is 47.9. The first-order valence-electron chi connectivity index (χ1n) is 12.9. The molecule has 226 valence electrons. The van der Waals surface area contributed by atoms with Gasteiger partial charge in [0.05, 0.1) is 33.6 Å². The molecule has 0 unspecified atom stereocenters. The van der Waals surface area contributed by atoms with E-state index in [-0.39, 0.29) is 98.6 Å². The molecule has 14 nitrogen and oxygen atoms in total. The SMILES string of the molecule is Nc1ccc2c(c1)C(=O)/C(=N/Nc1ccccc1NC(=O)c1ccc(N/N=C3/C=CC(=O)C(C(=O)[O-])=C3)cc1)C(S(=O)(=O)[O-])=C2.[Na+].[Na+]. The van der Waals surface area contributed by atoms with Crippen molar-refractivity contribution in [1.82, 2.24) is 0 Å². The van der Waals surface area contributed by atoms with Gasteiger partial charge in [-0.2, -0.15) is 10.2 Å². The van der Waals surface area contributed by atoms with Crippen LogP contribution in [-0.2, 0) is 19.7 Å². The number of ketones is 2. The van der Waals surface area contributed by atoms with E-state index in [4.69, 9.17) is 5.73 Å². The Balaban J connectivity index is 0.00000300. The Kier molecular flexibility index (Phi) is 12.4. The Morgan fingerprint density at radius 1 is 0.830 bits per heavy atom. The summed E-state index contributed by atoms with van der Waals surface area (Å²) in [5, 5.41) is 21.7. The maximum Gasteiger partial charge on any atom is 1.00 e. The van der Waals surface area contributed by atoms with E-state index < -0.39 is 49.8 Å². The number of carboxylic acids is 1. The van der Waals surface area contributed by atoms with Crippen LogP contribution in [0.2, 0.25) is 0 Å². The number of hydrogen-bond donors (Lipinski definition) is 4. The maximum absolute atomic E-state index is 13.1. The van der Waals surface area contributed by atoms with Crippen LogP contribution < -0.4 is 86.1 Å². The second-order valence-electron chi connectivity index (χ2n) is 9.48. The third-order valence-electron chi connectivity index (χ3n) is 6.43. The molecule has 0 aliphatic heterocycles. The van der Waals surface area contributed by atoms with Crippen molar-refractivity contribution in [2.45, 2.75) is 0 Å². The van der Waals surface area contributed by atoms with Crippen LogP contribution in [0.15, 0.2) is 106 Å². The normalized spacial score (nSPS) is 15.4. The molecule has 5 rings (SSSR count). The van der Waals surface area contributed by atoms with E-state index >= 15 is 0 Å². The fraction of sp³-hybridized carbons (Fsp3) is 0. The van der Waals surface area contributed by atoms with E-state index in [0.717, 1.165) is 18.2 Å². The number of hydrazone groups is 2. The first-order valence-corrected chi connectivity index (χ1v) is 14.3. The van der Waals surface area contributed by atoms with Crippen molar-refractivity contribution >= 4 is 73.8 Å². The van der Waals surface area contributed by atoms with Crippen LogP contribution in [0.25, 0.3) is 6.08 Å². The van der Waals surface area contributed by atoms with Crippen molar-refractivity contribution in [2.75, 3.05) is 21.9 Å². The molecule has 2 aliphatic rings. The summed E-state index contributed by atoms with van der Waals surface area (Å²) in [6.07, 6.45) is 4.50. The molecule has 5 N–H and O–H groups in total. The zero-order valence-corrected chi connectivity index (χ0v) is 29.6. The number of rotatable bonds is 8. The van der Waals surface area contributed by atoms with Crippen LogP contribution in [0.4, 0.5) is 22.7 Å². The van der Waals surface area contributed by atoms with E-state index in [0.29, 0.717) is 5.69 Å². The molecule has 3 aromatic carbocycles. The zero-order valence-electron chi connectivity index (χ0n) is 24.8. The molecule has 0 bridgehead atoms. The predicted octanol–water partition coefficient (Wildman–Crippen LogP) is -4.34. The molecule has 0 saturated carbocycles. The monoisotopic (exact) mass is 670 g/mol. The Labute approximate surface area is 311 Å². The quantitative estimate of drug-likeness (QED) is 0.0447. The Morgan fingerprint density at radius 2 is 1.51 bits per heavy atom. The van der Waals surface area contributed by atoms with E-state index in [1.54, 1.807) is 12.1 Å². The minimum Gasteiger partial charge on any atom is -0.744 e.